The third kappa shape index (κ3) is 2.57. The average Bonchev–Trinajstić information content (AvgIpc) is 2.79. The highest BCUT2D eigenvalue weighted by molar-refractivity contribution is 7.20. The Balaban J connectivity index is 2.02. The highest BCUT2D eigenvalue weighted by Gasteiger charge is 2.04. The lowest BCUT2D eigenvalue weighted by Gasteiger charge is -1.95. The van der Waals surface area contributed by atoms with Gasteiger partial charge in [0.05, 0.1) is 5.69 Å². The van der Waals surface area contributed by atoms with E-state index in [2.05, 4.69) is 9.97 Å². The molecule has 0 aliphatic carbocycles. The monoisotopic (exact) mass is 289 g/mol. The van der Waals surface area contributed by atoms with Crippen LogP contribution in [0.2, 0.25) is 4.34 Å². The van der Waals surface area contributed by atoms with Crippen molar-refractivity contribution in [2.24, 2.45) is 0 Å². The maximum absolute atomic E-state index is 11.9. The van der Waals surface area contributed by atoms with Crippen LogP contribution in [0.1, 0.15) is 11.3 Å². The molecule has 0 fully saturated rings. The molecular weight excluding hydrogens is 282 g/mol. The molecule has 94 valence electrons. The fourth-order valence-corrected chi connectivity index (χ4v) is 2.66. The number of pyridine rings is 1. The molecule has 0 bridgehead atoms. The van der Waals surface area contributed by atoms with Gasteiger partial charge >= 0.3 is 0 Å². The van der Waals surface area contributed by atoms with Crippen molar-refractivity contribution in [3.8, 4) is 0 Å². The lowest BCUT2D eigenvalue weighted by Crippen LogP contribution is -2.11. The van der Waals surface area contributed by atoms with Gasteiger partial charge in [-0.1, -0.05) is 29.0 Å². The van der Waals surface area contributed by atoms with E-state index in [-0.39, 0.29) is 5.56 Å². The van der Waals surface area contributed by atoms with Crippen molar-refractivity contribution in [3.05, 3.63) is 62.7 Å². The van der Waals surface area contributed by atoms with E-state index < -0.39 is 0 Å². The van der Waals surface area contributed by atoms with Crippen molar-refractivity contribution >= 4 is 40.1 Å². The molecule has 19 heavy (non-hydrogen) atoms. The van der Waals surface area contributed by atoms with E-state index in [1.54, 1.807) is 24.7 Å². The van der Waals surface area contributed by atoms with Crippen LogP contribution in [0, 0.1) is 0 Å². The summed E-state index contributed by atoms with van der Waals surface area (Å²) in [5.74, 6) is 0. The highest BCUT2D eigenvalue weighted by atomic mass is 35.5. The van der Waals surface area contributed by atoms with Crippen molar-refractivity contribution in [3.63, 3.8) is 0 Å². The first-order valence-corrected chi connectivity index (χ1v) is 6.69. The Bertz CT molecular complexity index is 808. The van der Waals surface area contributed by atoms with Gasteiger partial charge in [-0.25, -0.2) is 4.98 Å². The van der Waals surface area contributed by atoms with Crippen molar-refractivity contribution in [1.82, 2.24) is 14.4 Å². The molecule has 0 aromatic carbocycles. The Morgan fingerprint density at radius 1 is 1.26 bits per heavy atom. The lowest BCUT2D eigenvalue weighted by atomic mass is 10.2. The van der Waals surface area contributed by atoms with E-state index >= 15 is 0 Å². The Labute approximate surface area is 117 Å². The van der Waals surface area contributed by atoms with Gasteiger partial charge in [0, 0.05) is 24.7 Å². The molecule has 3 aromatic rings. The molecule has 0 saturated carbocycles. The van der Waals surface area contributed by atoms with Crippen molar-refractivity contribution in [1.29, 1.82) is 0 Å². The second-order valence-corrected chi connectivity index (χ2v) is 5.46. The van der Waals surface area contributed by atoms with Crippen LogP contribution in [0.4, 0.5) is 0 Å². The van der Waals surface area contributed by atoms with Gasteiger partial charge in [-0.15, -0.1) is 0 Å². The predicted molar refractivity (Wildman–Crippen MR) is 77.5 cm³/mol. The molecule has 0 amide bonds. The van der Waals surface area contributed by atoms with E-state index in [0.29, 0.717) is 15.0 Å². The summed E-state index contributed by atoms with van der Waals surface area (Å²) in [5.41, 5.74) is 1.48. The number of rotatable bonds is 2. The quantitative estimate of drug-likeness (QED) is 0.729. The third-order valence-corrected chi connectivity index (χ3v) is 3.61. The largest absolute Gasteiger partial charge is 0.269 e. The first-order chi connectivity index (χ1) is 9.22. The fourth-order valence-electron chi connectivity index (χ4n) is 1.63. The third-order valence-electron chi connectivity index (χ3n) is 2.51. The smallest absolute Gasteiger partial charge is 0.259 e. The van der Waals surface area contributed by atoms with E-state index in [9.17, 15) is 4.79 Å². The zero-order valence-electron chi connectivity index (χ0n) is 9.65. The van der Waals surface area contributed by atoms with Gasteiger partial charge in [0.15, 0.2) is 4.96 Å². The molecule has 0 spiro atoms. The highest BCUT2D eigenvalue weighted by Crippen LogP contribution is 2.19. The minimum Gasteiger partial charge on any atom is -0.269 e. The summed E-state index contributed by atoms with van der Waals surface area (Å²) < 4.78 is 1.98. The average molecular weight is 290 g/mol. The number of nitrogens with zero attached hydrogens (tertiary/aromatic N) is 3. The van der Waals surface area contributed by atoms with E-state index in [4.69, 9.17) is 11.6 Å². The van der Waals surface area contributed by atoms with Gasteiger partial charge in [0.2, 0.25) is 0 Å². The maximum Gasteiger partial charge on any atom is 0.259 e. The van der Waals surface area contributed by atoms with Crippen LogP contribution in [0.5, 0.6) is 0 Å². The van der Waals surface area contributed by atoms with Crippen LogP contribution in [-0.2, 0) is 0 Å². The van der Waals surface area contributed by atoms with Crippen LogP contribution in [0.25, 0.3) is 17.1 Å². The molecule has 4 nitrogen and oxygen atoms in total. The van der Waals surface area contributed by atoms with Gasteiger partial charge in [0.1, 0.15) is 4.34 Å². The molecule has 0 saturated heterocycles. The van der Waals surface area contributed by atoms with Crippen molar-refractivity contribution < 1.29 is 0 Å². The number of fused-ring (bicyclic) bond motifs is 1. The Morgan fingerprint density at radius 3 is 2.84 bits per heavy atom. The lowest BCUT2D eigenvalue weighted by molar-refractivity contribution is 1.07. The minimum absolute atomic E-state index is 0.137. The van der Waals surface area contributed by atoms with Crippen LogP contribution in [-0.4, -0.2) is 14.4 Å². The maximum atomic E-state index is 11.9. The summed E-state index contributed by atoms with van der Waals surface area (Å²) in [5, 5.41) is 0. The molecule has 0 aliphatic heterocycles. The van der Waals surface area contributed by atoms with Crippen LogP contribution in [0.3, 0.4) is 0 Å². The van der Waals surface area contributed by atoms with Crippen LogP contribution >= 0.6 is 22.9 Å². The van der Waals surface area contributed by atoms with Crippen molar-refractivity contribution in [2.45, 2.75) is 0 Å². The molecule has 0 N–H and O–H groups in total. The standard InChI is InChI=1S/C13H8ClN3OS/c14-11-8-17-12(18)7-10(16-13(17)19-11)2-1-9-3-5-15-6-4-9/h1-8H/b2-1+. The Hall–Kier alpha value is -1.98. The number of halogens is 1. The molecule has 0 unspecified atom stereocenters. The molecule has 3 rings (SSSR count). The molecule has 3 aromatic heterocycles. The van der Waals surface area contributed by atoms with Crippen molar-refractivity contribution in [2.75, 3.05) is 0 Å². The summed E-state index contributed by atoms with van der Waals surface area (Å²) in [6.45, 7) is 0. The first-order valence-electron chi connectivity index (χ1n) is 5.49. The van der Waals surface area contributed by atoms with Gasteiger partial charge < -0.3 is 0 Å². The number of hydrogen-bond donors (Lipinski definition) is 0. The molecule has 0 atom stereocenters. The van der Waals surface area contributed by atoms with Crippen LogP contribution < -0.4 is 5.56 Å². The fraction of sp³-hybridized carbons (Fsp3) is 0. The second-order valence-electron chi connectivity index (χ2n) is 3.82. The van der Waals surface area contributed by atoms with Crippen LogP contribution in [0.15, 0.2) is 41.6 Å². The SMILES string of the molecule is O=c1cc(/C=C/c2ccncc2)nc2sc(Cl)cn12. The molecular formula is C13H8ClN3OS. The van der Waals surface area contributed by atoms with E-state index in [1.807, 2.05) is 18.2 Å². The number of thiazole rings is 1. The van der Waals surface area contributed by atoms with E-state index in [1.165, 1.54) is 21.8 Å². The molecule has 0 aliphatic rings. The molecule has 6 heteroatoms. The summed E-state index contributed by atoms with van der Waals surface area (Å²) in [4.78, 5) is 20.7. The van der Waals surface area contributed by atoms with E-state index in [0.717, 1.165) is 5.56 Å². The minimum atomic E-state index is -0.137. The summed E-state index contributed by atoms with van der Waals surface area (Å²) >= 11 is 7.15. The molecule has 0 radical (unpaired) electrons. The van der Waals surface area contributed by atoms with Gasteiger partial charge in [-0.05, 0) is 23.8 Å². The van der Waals surface area contributed by atoms with Gasteiger partial charge in [0.25, 0.3) is 5.56 Å². The second kappa shape index (κ2) is 4.95. The summed E-state index contributed by atoms with van der Waals surface area (Å²) in [6.07, 6.45) is 8.68. The summed E-state index contributed by atoms with van der Waals surface area (Å²) in [6, 6.07) is 5.24. The summed E-state index contributed by atoms with van der Waals surface area (Å²) in [7, 11) is 0. The zero-order chi connectivity index (χ0) is 13.2. The zero-order valence-corrected chi connectivity index (χ0v) is 11.2. The number of hydrogen-bond acceptors (Lipinski definition) is 4. The predicted octanol–water partition coefficient (Wildman–Crippen LogP) is 2.97. The Kier molecular flexibility index (Phi) is 3.15. The topological polar surface area (TPSA) is 47.3 Å². The first kappa shape index (κ1) is 12.1. The number of aromatic nitrogens is 3. The Morgan fingerprint density at radius 2 is 2.05 bits per heavy atom. The molecule has 3 heterocycles. The van der Waals surface area contributed by atoms with Gasteiger partial charge in [-0.3, -0.25) is 14.2 Å². The van der Waals surface area contributed by atoms with Gasteiger partial charge in [-0.2, -0.15) is 0 Å². The normalized spacial score (nSPS) is 11.4.